The Morgan fingerprint density at radius 1 is 1.64 bits per heavy atom. The quantitative estimate of drug-likeness (QED) is 0.692. The van der Waals surface area contributed by atoms with Gasteiger partial charge in [-0.05, 0) is 12.1 Å². The summed E-state index contributed by atoms with van der Waals surface area (Å²) >= 11 is 5.58. The zero-order chi connectivity index (χ0) is 8.27. The first-order chi connectivity index (χ1) is 5.24. The topological polar surface area (TPSA) is 59.1 Å². The third-order valence-corrected chi connectivity index (χ3v) is 1.54. The van der Waals surface area contributed by atoms with Crippen molar-refractivity contribution < 1.29 is 5.11 Å². The van der Waals surface area contributed by atoms with Gasteiger partial charge in [-0.25, -0.2) is 0 Å². The van der Waals surface area contributed by atoms with Gasteiger partial charge in [-0.2, -0.15) is 0 Å². The zero-order valence-corrected chi connectivity index (χ0v) is 6.62. The highest BCUT2D eigenvalue weighted by Crippen LogP contribution is 2.11. The Labute approximate surface area is 69.8 Å². The molecule has 1 aromatic rings. The molecule has 0 amide bonds. The molecule has 0 aliphatic heterocycles. The molecule has 3 N–H and O–H groups in total. The van der Waals surface area contributed by atoms with Crippen molar-refractivity contribution in [1.29, 1.82) is 0 Å². The van der Waals surface area contributed by atoms with Gasteiger partial charge in [0.1, 0.15) is 6.10 Å². The maximum Gasteiger partial charge on any atom is 0.108 e. The number of hydrogen-bond acceptors (Lipinski definition) is 3. The van der Waals surface area contributed by atoms with E-state index in [2.05, 4.69) is 4.98 Å². The highest BCUT2D eigenvalue weighted by molar-refractivity contribution is 6.30. The Hall–Kier alpha value is -0.640. The smallest absolute Gasteiger partial charge is 0.108 e. The fourth-order valence-electron chi connectivity index (χ4n) is 0.705. The molecule has 1 unspecified atom stereocenters. The molecule has 0 radical (unpaired) electrons. The van der Waals surface area contributed by atoms with Gasteiger partial charge in [-0.1, -0.05) is 11.6 Å². The zero-order valence-electron chi connectivity index (χ0n) is 5.87. The van der Waals surface area contributed by atoms with Crippen LogP contribution in [0.4, 0.5) is 0 Å². The summed E-state index contributed by atoms with van der Waals surface area (Å²) in [7, 11) is 0. The minimum absolute atomic E-state index is 0.175. The van der Waals surface area contributed by atoms with Gasteiger partial charge in [-0.3, -0.25) is 4.98 Å². The summed E-state index contributed by atoms with van der Waals surface area (Å²) in [5, 5.41) is 9.74. The molecule has 0 aliphatic rings. The van der Waals surface area contributed by atoms with Gasteiger partial charge in [0.2, 0.25) is 0 Å². The number of nitrogens with two attached hydrogens (primary N) is 1. The fraction of sp³-hybridized carbons (Fsp3) is 0.286. The Kier molecular flexibility index (Phi) is 2.82. The van der Waals surface area contributed by atoms with Crippen LogP contribution < -0.4 is 5.73 Å². The third-order valence-electron chi connectivity index (χ3n) is 1.31. The molecule has 4 heteroatoms. The summed E-state index contributed by atoms with van der Waals surface area (Å²) in [5.74, 6) is 0. The van der Waals surface area contributed by atoms with Crippen molar-refractivity contribution >= 4 is 11.6 Å². The van der Waals surface area contributed by atoms with Crippen LogP contribution in [0.2, 0.25) is 5.02 Å². The summed E-state index contributed by atoms with van der Waals surface area (Å²) in [6.45, 7) is 0.175. The SMILES string of the molecule is NCC(O)c1ccc(Cl)cn1. The third kappa shape index (κ3) is 2.15. The molecule has 0 fully saturated rings. The predicted octanol–water partition coefficient (Wildman–Crippen LogP) is 0.727. The molecular weight excluding hydrogens is 164 g/mol. The van der Waals surface area contributed by atoms with E-state index < -0.39 is 6.10 Å². The lowest BCUT2D eigenvalue weighted by Crippen LogP contribution is -2.12. The van der Waals surface area contributed by atoms with Crippen molar-refractivity contribution in [3.05, 3.63) is 29.0 Å². The normalized spacial score (nSPS) is 13.0. The van der Waals surface area contributed by atoms with E-state index in [4.69, 9.17) is 17.3 Å². The van der Waals surface area contributed by atoms with Crippen molar-refractivity contribution in [3.63, 3.8) is 0 Å². The van der Waals surface area contributed by atoms with Crippen molar-refractivity contribution in [3.8, 4) is 0 Å². The van der Waals surface area contributed by atoms with Gasteiger partial charge >= 0.3 is 0 Å². The van der Waals surface area contributed by atoms with Crippen LogP contribution in [0, 0.1) is 0 Å². The van der Waals surface area contributed by atoms with Crippen LogP contribution >= 0.6 is 11.6 Å². The second kappa shape index (κ2) is 3.67. The average molecular weight is 173 g/mol. The van der Waals surface area contributed by atoms with Gasteiger partial charge in [0.05, 0.1) is 10.7 Å². The maximum atomic E-state index is 9.19. The fourth-order valence-corrected chi connectivity index (χ4v) is 0.817. The van der Waals surface area contributed by atoms with E-state index in [1.807, 2.05) is 0 Å². The summed E-state index contributed by atoms with van der Waals surface area (Å²) in [5.41, 5.74) is 5.77. The minimum Gasteiger partial charge on any atom is -0.385 e. The van der Waals surface area contributed by atoms with E-state index in [0.717, 1.165) is 0 Å². The first-order valence-corrected chi connectivity index (χ1v) is 3.61. The predicted molar refractivity (Wildman–Crippen MR) is 43.3 cm³/mol. The van der Waals surface area contributed by atoms with Crippen molar-refractivity contribution in [2.75, 3.05) is 6.54 Å². The lowest BCUT2D eigenvalue weighted by molar-refractivity contribution is 0.182. The first kappa shape index (κ1) is 8.46. The van der Waals surface area contributed by atoms with Gasteiger partial charge in [0.15, 0.2) is 0 Å². The standard InChI is InChI=1S/C7H9ClN2O/c8-5-1-2-6(10-4-5)7(11)3-9/h1-2,4,7,11H,3,9H2. The van der Waals surface area contributed by atoms with Crippen LogP contribution in [0.5, 0.6) is 0 Å². The molecule has 0 saturated carbocycles. The van der Waals surface area contributed by atoms with Gasteiger partial charge in [0.25, 0.3) is 0 Å². The summed E-state index contributed by atoms with van der Waals surface area (Å²) < 4.78 is 0. The lowest BCUT2D eigenvalue weighted by Gasteiger charge is -2.05. The van der Waals surface area contributed by atoms with Crippen molar-refractivity contribution in [1.82, 2.24) is 4.98 Å². The Balaban J connectivity index is 2.81. The molecule has 0 saturated heterocycles. The van der Waals surface area contributed by atoms with Crippen LogP contribution in [0.1, 0.15) is 11.8 Å². The largest absolute Gasteiger partial charge is 0.385 e. The minimum atomic E-state index is -0.688. The van der Waals surface area contributed by atoms with E-state index in [1.54, 1.807) is 12.1 Å². The van der Waals surface area contributed by atoms with Crippen LogP contribution in [-0.2, 0) is 0 Å². The van der Waals surface area contributed by atoms with Crippen molar-refractivity contribution in [2.24, 2.45) is 5.73 Å². The van der Waals surface area contributed by atoms with E-state index in [9.17, 15) is 5.11 Å². The Morgan fingerprint density at radius 3 is 2.82 bits per heavy atom. The number of hydrogen-bond donors (Lipinski definition) is 2. The molecule has 1 atom stereocenters. The Bertz CT molecular complexity index is 224. The lowest BCUT2D eigenvalue weighted by atomic mass is 10.2. The number of nitrogens with zero attached hydrogens (tertiary/aromatic N) is 1. The molecule has 0 bridgehead atoms. The molecule has 1 rings (SSSR count). The highest BCUT2D eigenvalue weighted by atomic mass is 35.5. The second-order valence-corrected chi connectivity index (χ2v) is 2.59. The van der Waals surface area contributed by atoms with E-state index in [1.165, 1.54) is 6.20 Å². The molecular formula is C7H9ClN2O. The maximum absolute atomic E-state index is 9.19. The Morgan fingerprint density at radius 2 is 2.36 bits per heavy atom. The monoisotopic (exact) mass is 172 g/mol. The van der Waals surface area contributed by atoms with Gasteiger partial charge in [0, 0.05) is 12.7 Å². The molecule has 3 nitrogen and oxygen atoms in total. The van der Waals surface area contributed by atoms with E-state index >= 15 is 0 Å². The van der Waals surface area contributed by atoms with Gasteiger partial charge < -0.3 is 10.8 Å². The van der Waals surface area contributed by atoms with Crippen LogP contribution in [-0.4, -0.2) is 16.6 Å². The van der Waals surface area contributed by atoms with E-state index in [-0.39, 0.29) is 6.54 Å². The van der Waals surface area contributed by atoms with E-state index in [0.29, 0.717) is 10.7 Å². The molecule has 0 aromatic carbocycles. The molecule has 0 spiro atoms. The first-order valence-electron chi connectivity index (χ1n) is 3.23. The number of rotatable bonds is 2. The van der Waals surface area contributed by atoms with Crippen LogP contribution in [0.3, 0.4) is 0 Å². The summed E-state index contributed by atoms with van der Waals surface area (Å²) in [4.78, 5) is 3.89. The van der Waals surface area contributed by atoms with Gasteiger partial charge in [-0.15, -0.1) is 0 Å². The number of aliphatic hydroxyl groups is 1. The molecule has 11 heavy (non-hydrogen) atoms. The average Bonchev–Trinajstić information content (AvgIpc) is 2.05. The molecule has 60 valence electrons. The number of pyridine rings is 1. The number of halogens is 1. The van der Waals surface area contributed by atoms with Crippen LogP contribution in [0.15, 0.2) is 18.3 Å². The summed E-state index contributed by atoms with van der Waals surface area (Å²) in [6.07, 6.45) is 0.794. The van der Waals surface area contributed by atoms with Crippen molar-refractivity contribution in [2.45, 2.75) is 6.10 Å². The molecule has 1 heterocycles. The van der Waals surface area contributed by atoms with Crippen LogP contribution in [0.25, 0.3) is 0 Å². The number of aromatic nitrogens is 1. The number of aliphatic hydroxyl groups excluding tert-OH is 1. The molecule has 0 aliphatic carbocycles. The molecule has 1 aromatic heterocycles. The highest BCUT2D eigenvalue weighted by Gasteiger charge is 2.04. The second-order valence-electron chi connectivity index (χ2n) is 2.15. The summed E-state index contributed by atoms with van der Waals surface area (Å²) in [6, 6.07) is 3.32.